The van der Waals surface area contributed by atoms with E-state index in [0.717, 1.165) is 4.70 Å². The van der Waals surface area contributed by atoms with Gasteiger partial charge in [0.2, 0.25) is 11.8 Å². The van der Waals surface area contributed by atoms with Crippen molar-refractivity contribution in [2.75, 3.05) is 17.2 Å². The fraction of sp³-hybridized carbons (Fsp3) is 0.316. The molecule has 0 aliphatic carbocycles. The van der Waals surface area contributed by atoms with Crippen molar-refractivity contribution < 1.29 is 24.2 Å². The van der Waals surface area contributed by atoms with Gasteiger partial charge in [-0.3, -0.25) is 9.59 Å². The normalized spacial score (nSPS) is 11.9. The number of halogens is 3. The average Bonchev–Trinajstić information content (AvgIpc) is 3.05. The minimum absolute atomic E-state index is 0. The van der Waals surface area contributed by atoms with Crippen LogP contribution < -0.4 is 16.0 Å². The third kappa shape index (κ3) is 5.87. The Morgan fingerprint density at radius 2 is 1.90 bits per heavy atom. The number of amides is 2. The quantitative estimate of drug-likeness (QED) is 0.522. The van der Waals surface area contributed by atoms with Gasteiger partial charge in [0, 0.05) is 20.1 Å². The molecular weight excluding hydrogens is 433 g/mol. The third-order valence-electron chi connectivity index (χ3n) is 4.04. The number of thiazole rings is 1. The zero-order valence-electron chi connectivity index (χ0n) is 16.8. The van der Waals surface area contributed by atoms with Gasteiger partial charge in [-0.2, -0.15) is 13.2 Å². The maximum absolute atomic E-state index is 12.4. The van der Waals surface area contributed by atoms with Gasteiger partial charge in [0.1, 0.15) is 17.9 Å². The van der Waals surface area contributed by atoms with Crippen molar-refractivity contribution in [3.05, 3.63) is 30.5 Å². The lowest BCUT2D eigenvalue weighted by molar-refractivity contribution is -0.140. The first-order valence-electron chi connectivity index (χ1n) is 9.08. The second kappa shape index (κ2) is 8.46. The Morgan fingerprint density at radius 1 is 1.16 bits per heavy atom. The summed E-state index contributed by atoms with van der Waals surface area (Å²) < 4.78 is 37.9. The van der Waals surface area contributed by atoms with Gasteiger partial charge in [-0.05, 0) is 38.1 Å². The minimum atomic E-state index is -4.50. The standard InChI is InChI=1S/C19H19F3N6O2S.H2/c1-10(29)25-17-26-12-5-4-11(8-13(12)31-17)15-23-7-6-14(27-15)28-18(2,3)16(30)24-9-19(20,21)22;/h4-8H,9H2,1-3H3,(H,24,30)(H,23,27,28)(H,25,26,29);1H. The molecule has 0 unspecified atom stereocenters. The maximum atomic E-state index is 12.4. The summed E-state index contributed by atoms with van der Waals surface area (Å²) in [4.78, 5) is 36.3. The van der Waals surface area contributed by atoms with Crippen LogP contribution in [0, 0.1) is 0 Å². The van der Waals surface area contributed by atoms with Crippen LogP contribution in [0.15, 0.2) is 30.5 Å². The first-order chi connectivity index (χ1) is 14.4. The summed E-state index contributed by atoms with van der Waals surface area (Å²) in [7, 11) is 0. The number of rotatable bonds is 6. The minimum Gasteiger partial charge on any atom is -0.356 e. The lowest BCUT2D eigenvalue weighted by atomic mass is 10.0. The van der Waals surface area contributed by atoms with Crippen molar-refractivity contribution in [1.82, 2.24) is 20.3 Å². The molecule has 12 heteroatoms. The number of alkyl halides is 3. The predicted octanol–water partition coefficient (Wildman–Crippen LogP) is 3.83. The summed E-state index contributed by atoms with van der Waals surface area (Å²) in [6.45, 7) is 2.89. The van der Waals surface area contributed by atoms with E-state index in [4.69, 9.17) is 0 Å². The van der Waals surface area contributed by atoms with Crippen LogP contribution in [-0.2, 0) is 9.59 Å². The molecule has 0 atom stereocenters. The van der Waals surface area contributed by atoms with Crippen molar-refractivity contribution in [2.45, 2.75) is 32.5 Å². The van der Waals surface area contributed by atoms with Gasteiger partial charge in [0.25, 0.3) is 0 Å². The maximum Gasteiger partial charge on any atom is 0.405 e. The van der Waals surface area contributed by atoms with Crippen molar-refractivity contribution in [3.63, 3.8) is 0 Å². The molecule has 8 nitrogen and oxygen atoms in total. The van der Waals surface area contributed by atoms with Crippen LogP contribution >= 0.6 is 11.3 Å². The molecule has 2 amide bonds. The second-order valence-electron chi connectivity index (χ2n) is 7.20. The number of nitrogens with zero attached hydrogens (tertiary/aromatic N) is 3. The molecule has 3 N–H and O–H groups in total. The van der Waals surface area contributed by atoms with E-state index in [0.29, 0.717) is 22.0 Å². The van der Waals surface area contributed by atoms with E-state index in [-0.39, 0.29) is 13.2 Å². The number of hydrogen-bond acceptors (Lipinski definition) is 7. The highest BCUT2D eigenvalue weighted by molar-refractivity contribution is 7.22. The zero-order chi connectivity index (χ0) is 22.8. The molecule has 0 aliphatic heterocycles. The Labute approximate surface area is 180 Å². The average molecular weight is 454 g/mol. The number of carbonyl (C=O) groups excluding carboxylic acids is 2. The van der Waals surface area contributed by atoms with E-state index in [9.17, 15) is 22.8 Å². The molecule has 0 saturated carbocycles. The summed E-state index contributed by atoms with van der Waals surface area (Å²) in [5, 5.41) is 7.81. The highest BCUT2D eigenvalue weighted by Gasteiger charge is 2.33. The van der Waals surface area contributed by atoms with E-state index < -0.39 is 24.2 Å². The van der Waals surface area contributed by atoms with E-state index in [1.165, 1.54) is 44.4 Å². The number of fused-ring (bicyclic) bond motifs is 1. The van der Waals surface area contributed by atoms with Gasteiger partial charge < -0.3 is 16.0 Å². The SMILES string of the molecule is CC(=O)Nc1nc2ccc(-c3nccc(NC(C)(C)C(=O)NCC(F)(F)F)n3)cc2s1.[HH]. The Kier molecular flexibility index (Phi) is 6.11. The molecular formula is C19H21F3N6O2S. The van der Waals surface area contributed by atoms with E-state index >= 15 is 0 Å². The molecule has 3 rings (SSSR count). The van der Waals surface area contributed by atoms with Gasteiger partial charge in [-0.1, -0.05) is 11.3 Å². The lowest BCUT2D eigenvalue weighted by Gasteiger charge is -2.26. The highest BCUT2D eigenvalue weighted by Crippen LogP contribution is 2.30. The molecule has 0 saturated heterocycles. The van der Waals surface area contributed by atoms with Crippen molar-refractivity contribution >= 4 is 44.3 Å². The molecule has 166 valence electrons. The molecule has 0 aliphatic rings. The summed E-state index contributed by atoms with van der Waals surface area (Å²) in [6, 6.07) is 6.87. The molecule has 31 heavy (non-hydrogen) atoms. The van der Waals surface area contributed by atoms with E-state index in [1.807, 2.05) is 11.4 Å². The van der Waals surface area contributed by atoms with Crippen LogP contribution in [0.1, 0.15) is 22.2 Å². The monoisotopic (exact) mass is 454 g/mol. The van der Waals surface area contributed by atoms with Gasteiger partial charge >= 0.3 is 6.18 Å². The molecule has 0 radical (unpaired) electrons. The Hall–Kier alpha value is -3.28. The van der Waals surface area contributed by atoms with E-state index in [2.05, 4.69) is 25.6 Å². The van der Waals surface area contributed by atoms with Gasteiger partial charge in [0.15, 0.2) is 11.0 Å². The van der Waals surface area contributed by atoms with Crippen molar-refractivity contribution in [2.24, 2.45) is 0 Å². The fourth-order valence-corrected chi connectivity index (χ4v) is 3.56. The van der Waals surface area contributed by atoms with Crippen molar-refractivity contribution in [3.8, 4) is 11.4 Å². The number of hydrogen-bond donors (Lipinski definition) is 3. The van der Waals surface area contributed by atoms with Crippen LogP contribution in [0.2, 0.25) is 0 Å². The Balaban J connectivity index is 0.00000363. The first kappa shape index (κ1) is 22.4. The second-order valence-corrected chi connectivity index (χ2v) is 8.23. The van der Waals surface area contributed by atoms with Crippen LogP contribution in [-0.4, -0.2) is 45.0 Å². The van der Waals surface area contributed by atoms with Gasteiger partial charge in [-0.15, -0.1) is 0 Å². The molecule has 0 fully saturated rings. The molecule has 3 aromatic rings. The number of anilines is 2. The van der Waals surface area contributed by atoms with Crippen LogP contribution in [0.3, 0.4) is 0 Å². The van der Waals surface area contributed by atoms with Gasteiger partial charge in [-0.25, -0.2) is 15.0 Å². The fourth-order valence-electron chi connectivity index (χ4n) is 2.61. The van der Waals surface area contributed by atoms with Crippen LogP contribution in [0.5, 0.6) is 0 Å². The molecule has 2 aromatic heterocycles. The lowest BCUT2D eigenvalue weighted by Crippen LogP contribution is -2.50. The number of benzene rings is 1. The topological polar surface area (TPSA) is 109 Å². The number of nitrogens with one attached hydrogen (secondary N) is 3. The first-order valence-corrected chi connectivity index (χ1v) is 9.89. The third-order valence-corrected chi connectivity index (χ3v) is 4.98. The van der Waals surface area contributed by atoms with Crippen LogP contribution in [0.25, 0.3) is 21.6 Å². The van der Waals surface area contributed by atoms with Gasteiger partial charge in [0.05, 0.1) is 10.2 Å². The van der Waals surface area contributed by atoms with Crippen LogP contribution in [0.4, 0.5) is 24.1 Å². The molecule has 0 bridgehead atoms. The summed E-state index contributed by atoms with van der Waals surface area (Å²) in [5.41, 5.74) is 0.0360. The number of carbonyl (C=O) groups is 2. The zero-order valence-corrected chi connectivity index (χ0v) is 17.6. The molecule has 0 spiro atoms. The smallest absolute Gasteiger partial charge is 0.356 e. The largest absolute Gasteiger partial charge is 0.405 e. The van der Waals surface area contributed by atoms with Crippen molar-refractivity contribution in [1.29, 1.82) is 0 Å². The summed E-state index contributed by atoms with van der Waals surface area (Å²) in [6.07, 6.45) is -3.02. The Morgan fingerprint density at radius 3 is 2.58 bits per heavy atom. The Bertz CT molecular complexity index is 1140. The summed E-state index contributed by atoms with van der Waals surface area (Å²) >= 11 is 1.30. The molecule has 1 aromatic carbocycles. The number of aromatic nitrogens is 3. The summed E-state index contributed by atoms with van der Waals surface area (Å²) in [5.74, 6) is -0.404. The predicted molar refractivity (Wildman–Crippen MR) is 114 cm³/mol. The molecule has 2 heterocycles. The van der Waals surface area contributed by atoms with E-state index in [1.54, 1.807) is 12.1 Å². The highest BCUT2D eigenvalue weighted by atomic mass is 32.1.